The second-order valence-corrected chi connectivity index (χ2v) is 4.04. The molecule has 1 atom stereocenters. The van der Waals surface area contributed by atoms with Gasteiger partial charge < -0.3 is 15.2 Å². The van der Waals surface area contributed by atoms with Crippen LogP contribution < -0.4 is 10.1 Å². The highest BCUT2D eigenvalue weighted by Gasteiger charge is 2.10. The largest absolute Gasteiger partial charge is 0.497 e. The van der Waals surface area contributed by atoms with Crippen molar-refractivity contribution in [3.63, 3.8) is 0 Å². The van der Waals surface area contributed by atoms with E-state index < -0.39 is 6.10 Å². The van der Waals surface area contributed by atoms with Crippen LogP contribution in [0, 0.1) is 11.3 Å². The molecule has 0 bridgehead atoms. The minimum atomic E-state index is -0.713. The molecule has 1 aromatic heterocycles. The summed E-state index contributed by atoms with van der Waals surface area (Å²) in [6.45, 7) is 0.236. The molecule has 1 unspecified atom stereocenters. The number of ether oxygens (including phenoxy) is 1. The van der Waals surface area contributed by atoms with Crippen molar-refractivity contribution in [2.45, 2.75) is 6.10 Å². The van der Waals surface area contributed by atoms with Gasteiger partial charge in [-0.15, -0.1) is 0 Å². The maximum absolute atomic E-state index is 10.1. The molecule has 0 aliphatic rings. The van der Waals surface area contributed by atoms with Gasteiger partial charge in [0.2, 0.25) is 0 Å². The second kappa shape index (κ2) is 6.50. The molecule has 0 radical (unpaired) electrons. The van der Waals surface area contributed by atoms with Crippen LogP contribution in [0.25, 0.3) is 0 Å². The van der Waals surface area contributed by atoms with Crippen LogP contribution in [0.15, 0.2) is 36.7 Å². The average Bonchev–Trinajstić information content (AvgIpc) is 2.53. The Hall–Kier alpha value is -2.65. The van der Waals surface area contributed by atoms with Crippen molar-refractivity contribution in [2.75, 3.05) is 19.0 Å². The Bertz CT molecular complexity index is 607. The Morgan fingerprint density at radius 3 is 2.65 bits per heavy atom. The number of anilines is 1. The molecule has 6 heteroatoms. The molecule has 2 rings (SSSR count). The van der Waals surface area contributed by atoms with Gasteiger partial charge in [-0.2, -0.15) is 5.26 Å². The van der Waals surface area contributed by atoms with E-state index in [1.54, 1.807) is 31.4 Å². The zero-order valence-electron chi connectivity index (χ0n) is 10.9. The Balaban J connectivity index is 2.01. The molecule has 0 amide bonds. The fourth-order valence-corrected chi connectivity index (χ4v) is 1.69. The minimum Gasteiger partial charge on any atom is -0.497 e. The van der Waals surface area contributed by atoms with Gasteiger partial charge in [0.25, 0.3) is 0 Å². The molecule has 2 aromatic rings. The third-order valence-corrected chi connectivity index (χ3v) is 2.77. The fourth-order valence-electron chi connectivity index (χ4n) is 1.69. The fraction of sp³-hybridized carbons (Fsp3) is 0.214. The van der Waals surface area contributed by atoms with Gasteiger partial charge in [-0.25, -0.2) is 9.97 Å². The first-order valence-corrected chi connectivity index (χ1v) is 6.01. The van der Waals surface area contributed by atoms with Gasteiger partial charge in [0.15, 0.2) is 11.5 Å². The summed E-state index contributed by atoms with van der Waals surface area (Å²) in [6.07, 6.45) is 2.22. The van der Waals surface area contributed by atoms with Gasteiger partial charge in [-0.3, -0.25) is 0 Å². The molecule has 2 N–H and O–H groups in total. The number of aliphatic hydroxyl groups excluding tert-OH is 1. The van der Waals surface area contributed by atoms with E-state index in [9.17, 15) is 5.11 Å². The molecule has 0 aliphatic carbocycles. The van der Waals surface area contributed by atoms with Crippen molar-refractivity contribution in [1.29, 1.82) is 5.26 Å². The normalized spacial score (nSPS) is 11.4. The van der Waals surface area contributed by atoms with E-state index in [0.29, 0.717) is 5.82 Å². The summed E-state index contributed by atoms with van der Waals surface area (Å²) in [5.74, 6) is 1.09. The van der Waals surface area contributed by atoms with Crippen LogP contribution in [0.4, 0.5) is 5.82 Å². The second-order valence-electron chi connectivity index (χ2n) is 4.04. The van der Waals surface area contributed by atoms with Gasteiger partial charge >= 0.3 is 0 Å². The van der Waals surface area contributed by atoms with E-state index in [0.717, 1.165) is 11.3 Å². The Morgan fingerprint density at radius 1 is 1.30 bits per heavy atom. The predicted octanol–water partition coefficient (Wildman–Crippen LogP) is 1.50. The first-order valence-electron chi connectivity index (χ1n) is 6.01. The van der Waals surface area contributed by atoms with Crippen LogP contribution in [0.2, 0.25) is 0 Å². The number of hydrogen-bond acceptors (Lipinski definition) is 6. The van der Waals surface area contributed by atoms with Crippen molar-refractivity contribution < 1.29 is 9.84 Å². The molecule has 0 spiro atoms. The molecule has 102 valence electrons. The maximum Gasteiger partial charge on any atom is 0.182 e. The number of benzene rings is 1. The number of methoxy groups -OCH3 is 1. The third-order valence-electron chi connectivity index (χ3n) is 2.77. The SMILES string of the molecule is COc1ccc(C(O)CNc2nccnc2C#N)cc1. The lowest BCUT2D eigenvalue weighted by molar-refractivity contribution is 0.191. The van der Waals surface area contributed by atoms with Crippen LogP contribution in [-0.2, 0) is 0 Å². The van der Waals surface area contributed by atoms with Gasteiger partial charge in [0.05, 0.1) is 13.2 Å². The van der Waals surface area contributed by atoms with Crippen LogP contribution in [0.1, 0.15) is 17.4 Å². The highest BCUT2D eigenvalue weighted by Crippen LogP contribution is 2.18. The number of nitrogens with one attached hydrogen (secondary N) is 1. The zero-order chi connectivity index (χ0) is 14.4. The number of aromatic nitrogens is 2. The summed E-state index contributed by atoms with van der Waals surface area (Å²) < 4.78 is 5.06. The van der Waals surface area contributed by atoms with Crippen LogP contribution in [0.5, 0.6) is 5.75 Å². The Labute approximate surface area is 116 Å². The van der Waals surface area contributed by atoms with Crippen molar-refractivity contribution >= 4 is 5.82 Å². The zero-order valence-corrected chi connectivity index (χ0v) is 10.9. The van der Waals surface area contributed by atoms with Crippen molar-refractivity contribution in [3.8, 4) is 11.8 Å². The summed E-state index contributed by atoms with van der Waals surface area (Å²) in [7, 11) is 1.59. The highest BCUT2D eigenvalue weighted by atomic mass is 16.5. The van der Waals surface area contributed by atoms with E-state index in [2.05, 4.69) is 15.3 Å². The number of aliphatic hydroxyl groups is 1. The first-order chi connectivity index (χ1) is 9.74. The molecule has 0 fully saturated rings. The van der Waals surface area contributed by atoms with Crippen LogP contribution in [-0.4, -0.2) is 28.7 Å². The quantitative estimate of drug-likeness (QED) is 0.855. The van der Waals surface area contributed by atoms with Gasteiger partial charge in [0.1, 0.15) is 11.8 Å². The highest BCUT2D eigenvalue weighted by molar-refractivity contribution is 5.46. The van der Waals surface area contributed by atoms with E-state index in [-0.39, 0.29) is 12.2 Å². The van der Waals surface area contributed by atoms with E-state index in [1.165, 1.54) is 12.4 Å². The molecule has 20 heavy (non-hydrogen) atoms. The Kier molecular flexibility index (Phi) is 4.47. The monoisotopic (exact) mass is 270 g/mol. The molecule has 1 heterocycles. The van der Waals surface area contributed by atoms with Crippen molar-refractivity contribution in [3.05, 3.63) is 47.9 Å². The number of rotatable bonds is 5. The first kappa shape index (κ1) is 13.8. The molecule has 1 aromatic carbocycles. The van der Waals surface area contributed by atoms with Crippen molar-refractivity contribution in [2.24, 2.45) is 0 Å². The number of nitrogens with zero attached hydrogens (tertiary/aromatic N) is 3. The predicted molar refractivity (Wildman–Crippen MR) is 73.2 cm³/mol. The van der Waals surface area contributed by atoms with Gasteiger partial charge in [-0.05, 0) is 17.7 Å². The van der Waals surface area contributed by atoms with E-state index in [1.807, 2.05) is 6.07 Å². The smallest absolute Gasteiger partial charge is 0.182 e. The molecular formula is C14H14N4O2. The molecular weight excluding hydrogens is 256 g/mol. The minimum absolute atomic E-state index is 0.203. The Morgan fingerprint density at radius 2 is 2.00 bits per heavy atom. The summed E-state index contributed by atoms with van der Waals surface area (Å²) in [4.78, 5) is 7.90. The summed E-state index contributed by atoms with van der Waals surface area (Å²) in [5.41, 5.74) is 0.954. The van der Waals surface area contributed by atoms with Crippen molar-refractivity contribution in [1.82, 2.24) is 9.97 Å². The summed E-state index contributed by atoms with van der Waals surface area (Å²) in [5, 5.41) is 21.9. The lowest BCUT2D eigenvalue weighted by atomic mass is 10.1. The number of hydrogen-bond donors (Lipinski definition) is 2. The molecule has 0 saturated heterocycles. The third kappa shape index (κ3) is 3.22. The van der Waals surface area contributed by atoms with E-state index in [4.69, 9.17) is 10.00 Å². The lowest BCUT2D eigenvalue weighted by Crippen LogP contribution is -2.14. The molecule has 0 aliphatic heterocycles. The van der Waals surface area contributed by atoms with Crippen LogP contribution >= 0.6 is 0 Å². The molecule has 0 saturated carbocycles. The van der Waals surface area contributed by atoms with E-state index >= 15 is 0 Å². The number of nitriles is 1. The average molecular weight is 270 g/mol. The topological polar surface area (TPSA) is 91.1 Å². The van der Waals surface area contributed by atoms with Crippen LogP contribution in [0.3, 0.4) is 0 Å². The maximum atomic E-state index is 10.1. The molecule has 6 nitrogen and oxygen atoms in total. The summed E-state index contributed by atoms with van der Waals surface area (Å²) in [6, 6.07) is 9.07. The van der Waals surface area contributed by atoms with Gasteiger partial charge in [0, 0.05) is 18.9 Å². The lowest BCUT2D eigenvalue weighted by Gasteiger charge is -2.13. The standard InChI is InChI=1S/C14H14N4O2/c1-20-11-4-2-10(3-5-11)13(19)9-18-14-12(8-15)16-6-7-17-14/h2-7,13,19H,9H2,1H3,(H,17,18). The van der Waals surface area contributed by atoms with Gasteiger partial charge in [-0.1, -0.05) is 12.1 Å². The summed E-state index contributed by atoms with van der Waals surface area (Å²) >= 11 is 0.